The molecule has 0 bridgehead atoms. The number of ether oxygens (including phenoxy) is 2. The van der Waals surface area contributed by atoms with Crippen molar-refractivity contribution in [1.82, 2.24) is 15.1 Å². The fourth-order valence-corrected chi connectivity index (χ4v) is 4.67. The molecule has 0 radical (unpaired) electrons. The third kappa shape index (κ3) is 6.68. The van der Waals surface area contributed by atoms with E-state index in [1.807, 2.05) is 6.92 Å². The minimum absolute atomic E-state index is 0.0789. The molecular formula is C24H38N4O3. The Morgan fingerprint density at radius 3 is 2.58 bits per heavy atom. The van der Waals surface area contributed by atoms with Gasteiger partial charge in [0.1, 0.15) is 0 Å². The minimum atomic E-state index is -0.0954. The van der Waals surface area contributed by atoms with Gasteiger partial charge in [-0.05, 0) is 44.7 Å². The number of carbonyl (C=O) groups excluding carboxylic acids is 1. The SMILES string of the molecule is CCOC(=O)C1CCCN(C(=NC)NCc2ccccc2CN2CC(C)OC(C)C2)C1. The number of nitrogens with zero attached hydrogens (tertiary/aromatic N) is 3. The van der Waals surface area contributed by atoms with Crippen LogP contribution in [0, 0.1) is 5.92 Å². The van der Waals surface area contributed by atoms with Crippen LogP contribution in [0.4, 0.5) is 0 Å². The minimum Gasteiger partial charge on any atom is -0.466 e. The fraction of sp³-hybridized carbons (Fsp3) is 0.667. The van der Waals surface area contributed by atoms with Crippen molar-refractivity contribution in [2.45, 2.75) is 58.9 Å². The molecule has 3 unspecified atom stereocenters. The molecule has 7 nitrogen and oxygen atoms in total. The first kappa shape index (κ1) is 23.5. The van der Waals surface area contributed by atoms with Crippen molar-refractivity contribution < 1.29 is 14.3 Å². The molecule has 1 aromatic rings. The van der Waals surface area contributed by atoms with Gasteiger partial charge in [-0.25, -0.2) is 0 Å². The lowest BCUT2D eigenvalue weighted by Gasteiger charge is -2.36. The Kier molecular flexibility index (Phi) is 8.72. The summed E-state index contributed by atoms with van der Waals surface area (Å²) >= 11 is 0. The summed E-state index contributed by atoms with van der Waals surface area (Å²) in [6.45, 7) is 11.7. The maximum atomic E-state index is 12.2. The van der Waals surface area contributed by atoms with E-state index >= 15 is 0 Å². The van der Waals surface area contributed by atoms with Crippen molar-refractivity contribution in [3.05, 3.63) is 35.4 Å². The number of hydrogen-bond donors (Lipinski definition) is 1. The summed E-state index contributed by atoms with van der Waals surface area (Å²) in [6, 6.07) is 8.59. The van der Waals surface area contributed by atoms with Crippen molar-refractivity contribution in [1.29, 1.82) is 0 Å². The van der Waals surface area contributed by atoms with Crippen LogP contribution in [0.2, 0.25) is 0 Å². The van der Waals surface area contributed by atoms with Gasteiger partial charge in [0.25, 0.3) is 0 Å². The van der Waals surface area contributed by atoms with E-state index in [0.717, 1.165) is 45.0 Å². The molecule has 2 fully saturated rings. The first-order valence-electron chi connectivity index (χ1n) is 11.6. The number of rotatable bonds is 6. The summed E-state index contributed by atoms with van der Waals surface area (Å²) in [7, 11) is 1.80. The number of piperidine rings is 1. The van der Waals surface area contributed by atoms with Crippen LogP contribution in [0.3, 0.4) is 0 Å². The molecule has 0 spiro atoms. The molecule has 2 aliphatic rings. The van der Waals surface area contributed by atoms with Gasteiger partial charge < -0.3 is 19.7 Å². The maximum Gasteiger partial charge on any atom is 0.310 e. The highest BCUT2D eigenvalue weighted by atomic mass is 16.5. The molecule has 2 aliphatic heterocycles. The molecule has 2 heterocycles. The molecule has 0 saturated carbocycles. The summed E-state index contributed by atoms with van der Waals surface area (Å²) in [6.07, 6.45) is 2.37. The second kappa shape index (κ2) is 11.5. The van der Waals surface area contributed by atoms with Crippen LogP contribution in [0.1, 0.15) is 44.7 Å². The number of guanidine groups is 1. The maximum absolute atomic E-state index is 12.2. The zero-order valence-electron chi connectivity index (χ0n) is 19.5. The largest absolute Gasteiger partial charge is 0.466 e. The van der Waals surface area contributed by atoms with Crippen LogP contribution in [0.15, 0.2) is 29.3 Å². The van der Waals surface area contributed by atoms with E-state index in [2.05, 4.69) is 58.2 Å². The molecule has 1 N–H and O–H groups in total. The predicted octanol–water partition coefficient (Wildman–Crippen LogP) is 2.65. The van der Waals surface area contributed by atoms with Crippen molar-refractivity contribution in [3.8, 4) is 0 Å². The van der Waals surface area contributed by atoms with Crippen molar-refractivity contribution >= 4 is 11.9 Å². The molecule has 31 heavy (non-hydrogen) atoms. The zero-order chi connectivity index (χ0) is 22.2. The number of benzene rings is 1. The third-order valence-electron chi connectivity index (χ3n) is 6.00. The van der Waals surface area contributed by atoms with Crippen LogP contribution >= 0.6 is 0 Å². The molecule has 3 rings (SSSR count). The van der Waals surface area contributed by atoms with Gasteiger partial charge in [0, 0.05) is 46.3 Å². The third-order valence-corrected chi connectivity index (χ3v) is 6.00. The van der Waals surface area contributed by atoms with E-state index in [0.29, 0.717) is 19.7 Å². The molecule has 0 aliphatic carbocycles. The predicted molar refractivity (Wildman–Crippen MR) is 123 cm³/mol. The van der Waals surface area contributed by atoms with Gasteiger partial charge in [0.2, 0.25) is 0 Å². The topological polar surface area (TPSA) is 66.4 Å². The Balaban J connectivity index is 1.60. The van der Waals surface area contributed by atoms with Crippen LogP contribution in [-0.2, 0) is 27.4 Å². The van der Waals surface area contributed by atoms with Gasteiger partial charge in [-0.2, -0.15) is 0 Å². The first-order valence-corrected chi connectivity index (χ1v) is 11.6. The summed E-state index contributed by atoms with van der Waals surface area (Å²) in [5.41, 5.74) is 2.60. The lowest BCUT2D eigenvalue weighted by atomic mass is 9.98. The smallest absolute Gasteiger partial charge is 0.310 e. The van der Waals surface area contributed by atoms with Crippen molar-refractivity contribution in [2.24, 2.45) is 10.9 Å². The van der Waals surface area contributed by atoms with E-state index in [1.54, 1.807) is 7.05 Å². The average Bonchev–Trinajstić information content (AvgIpc) is 2.75. The Labute approximate surface area is 186 Å². The van der Waals surface area contributed by atoms with Crippen LogP contribution in [0.25, 0.3) is 0 Å². The Bertz CT molecular complexity index is 744. The normalized spacial score (nSPS) is 25.4. The van der Waals surface area contributed by atoms with Crippen molar-refractivity contribution in [3.63, 3.8) is 0 Å². The van der Waals surface area contributed by atoms with E-state index in [4.69, 9.17) is 9.47 Å². The Morgan fingerprint density at radius 2 is 1.90 bits per heavy atom. The van der Waals surface area contributed by atoms with E-state index in [9.17, 15) is 4.79 Å². The number of nitrogens with one attached hydrogen (secondary N) is 1. The lowest BCUT2D eigenvalue weighted by molar-refractivity contribution is -0.149. The van der Waals surface area contributed by atoms with Gasteiger partial charge in [-0.1, -0.05) is 24.3 Å². The Hall–Kier alpha value is -2.12. The average molecular weight is 431 g/mol. The molecule has 2 saturated heterocycles. The van der Waals surface area contributed by atoms with E-state index in [1.165, 1.54) is 11.1 Å². The lowest BCUT2D eigenvalue weighted by Crippen LogP contribution is -2.48. The molecule has 1 aromatic carbocycles. The highest BCUT2D eigenvalue weighted by Crippen LogP contribution is 2.19. The van der Waals surface area contributed by atoms with Crippen LogP contribution < -0.4 is 5.32 Å². The first-order chi connectivity index (χ1) is 15.0. The monoisotopic (exact) mass is 430 g/mol. The van der Waals surface area contributed by atoms with E-state index in [-0.39, 0.29) is 24.1 Å². The number of aliphatic imine (C=N–C) groups is 1. The van der Waals surface area contributed by atoms with Crippen LogP contribution in [-0.4, -0.2) is 73.8 Å². The van der Waals surface area contributed by atoms with Crippen LogP contribution in [0.5, 0.6) is 0 Å². The molecule has 3 atom stereocenters. The number of esters is 1. The van der Waals surface area contributed by atoms with Gasteiger partial charge in [-0.15, -0.1) is 0 Å². The summed E-state index contributed by atoms with van der Waals surface area (Å²) in [5, 5.41) is 3.52. The fourth-order valence-electron chi connectivity index (χ4n) is 4.67. The highest BCUT2D eigenvalue weighted by Gasteiger charge is 2.28. The molecule has 0 amide bonds. The quantitative estimate of drug-likeness (QED) is 0.425. The highest BCUT2D eigenvalue weighted by molar-refractivity contribution is 5.81. The van der Waals surface area contributed by atoms with Gasteiger partial charge >= 0.3 is 5.97 Å². The number of likely N-dealkylation sites (tertiary alicyclic amines) is 1. The summed E-state index contributed by atoms with van der Waals surface area (Å²) < 4.78 is 11.1. The van der Waals surface area contributed by atoms with Gasteiger partial charge in [-0.3, -0.25) is 14.7 Å². The van der Waals surface area contributed by atoms with E-state index < -0.39 is 0 Å². The van der Waals surface area contributed by atoms with Gasteiger partial charge in [0.05, 0.1) is 24.7 Å². The number of carbonyl (C=O) groups is 1. The van der Waals surface area contributed by atoms with Gasteiger partial charge in [0.15, 0.2) is 5.96 Å². The Morgan fingerprint density at radius 1 is 1.19 bits per heavy atom. The summed E-state index contributed by atoms with van der Waals surface area (Å²) in [4.78, 5) is 21.3. The second-order valence-corrected chi connectivity index (χ2v) is 8.66. The second-order valence-electron chi connectivity index (χ2n) is 8.66. The molecular weight excluding hydrogens is 392 g/mol. The standard InChI is InChI=1S/C24H38N4O3/c1-5-30-23(29)22-11-8-12-28(17-22)24(25-4)26-13-20-9-6-7-10-21(20)16-27-14-18(2)31-19(3)15-27/h6-7,9-10,18-19,22H,5,8,11-17H2,1-4H3,(H,25,26). The molecule has 0 aromatic heterocycles. The number of hydrogen-bond acceptors (Lipinski definition) is 5. The molecule has 7 heteroatoms. The zero-order valence-corrected chi connectivity index (χ0v) is 19.5. The molecule has 172 valence electrons. The number of morpholine rings is 1. The summed E-state index contributed by atoms with van der Waals surface area (Å²) in [5.74, 6) is 0.671. The van der Waals surface area contributed by atoms with Crippen molar-refractivity contribution in [2.75, 3.05) is 39.8 Å².